The van der Waals surface area contributed by atoms with Crippen molar-refractivity contribution in [3.63, 3.8) is 0 Å². The summed E-state index contributed by atoms with van der Waals surface area (Å²) in [6, 6.07) is 5.52. The Labute approximate surface area is 123 Å². The number of nitrogens with one attached hydrogen (secondary N) is 2. The summed E-state index contributed by atoms with van der Waals surface area (Å²) >= 11 is 0. The van der Waals surface area contributed by atoms with Crippen LogP contribution in [0.5, 0.6) is 0 Å². The van der Waals surface area contributed by atoms with Crippen molar-refractivity contribution in [3.8, 4) is 0 Å². The zero-order valence-corrected chi connectivity index (χ0v) is 13.8. The minimum atomic E-state index is -3.47. The van der Waals surface area contributed by atoms with Crippen molar-refractivity contribution in [2.24, 2.45) is 5.92 Å². The van der Waals surface area contributed by atoms with Crippen LogP contribution in [-0.2, 0) is 16.6 Å². The smallest absolute Gasteiger partial charge is 0.241 e. The maximum Gasteiger partial charge on any atom is 0.241 e. The van der Waals surface area contributed by atoms with Gasteiger partial charge in [-0.15, -0.1) is 0 Å². The summed E-state index contributed by atoms with van der Waals surface area (Å²) < 4.78 is 27.9. The predicted molar refractivity (Wildman–Crippen MR) is 83.2 cm³/mol. The Kier molecular flexibility index (Phi) is 6.17. The van der Waals surface area contributed by atoms with Gasteiger partial charge in [0, 0.05) is 12.6 Å². The molecule has 2 N–H and O–H groups in total. The Hall–Kier alpha value is -0.910. The van der Waals surface area contributed by atoms with Gasteiger partial charge in [0.05, 0.1) is 4.90 Å². The lowest BCUT2D eigenvalue weighted by Gasteiger charge is -2.21. The van der Waals surface area contributed by atoms with Gasteiger partial charge < -0.3 is 5.32 Å². The number of hydrogen-bond acceptors (Lipinski definition) is 3. The molecule has 1 aromatic rings. The van der Waals surface area contributed by atoms with Crippen molar-refractivity contribution in [2.45, 2.75) is 51.6 Å². The van der Waals surface area contributed by atoms with Crippen molar-refractivity contribution in [1.29, 1.82) is 0 Å². The molecular formula is C15H26N2O2S. The Morgan fingerprint density at radius 3 is 2.40 bits per heavy atom. The number of benzene rings is 1. The van der Waals surface area contributed by atoms with Crippen molar-refractivity contribution in [1.82, 2.24) is 10.0 Å². The van der Waals surface area contributed by atoms with Gasteiger partial charge in [0.2, 0.25) is 10.0 Å². The van der Waals surface area contributed by atoms with Crippen molar-refractivity contribution >= 4 is 10.0 Å². The molecule has 114 valence electrons. The summed E-state index contributed by atoms with van der Waals surface area (Å²) in [7, 11) is -1.62. The van der Waals surface area contributed by atoms with E-state index in [-0.39, 0.29) is 12.0 Å². The molecule has 0 bridgehead atoms. The van der Waals surface area contributed by atoms with E-state index in [9.17, 15) is 8.42 Å². The molecule has 1 aromatic carbocycles. The molecule has 5 heteroatoms. The van der Waals surface area contributed by atoms with E-state index in [0.717, 1.165) is 17.5 Å². The normalized spacial score (nSPS) is 13.7. The van der Waals surface area contributed by atoms with E-state index < -0.39 is 10.0 Å². The summed E-state index contributed by atoms with van der Waals surface area (Å²) in [6.07, 6.45) is 0.784. The third-order valence-electron chi connectivity index (χ3n) is 3.47. The van der Waals surface area contributed by atoms with Crippen LogP contribution < -0.4 is 10.0 Å². The summed E-state index contributed by atoms with van der Waals surface area (Å²) in [5.74, 6) is 0.274. The largest absolute Gasteiger partial charge is 0.316 e. The average Bonchev–Trinajstić information content (AvgIpc) is 2.38. The average molecular weight is 298 g/mol. The van der Waals surface area contributed by atoms with E-state index in [1.807, 2.05) is 46.9 Å². The van der Waals surface area contributed by atoms with E-state index in [1.54, 1.807) is 6.07 Å². The maximum absolute atomic E-state index is 12.6. The topological polar surface area (TPSA) is 58.2 Å². The van der Waals surface area contributed by atoms with Crippen LogP contribution >= 0.6 is 0 Å². The van der Waals surface area contributed by atoms with Crippen molar-refractivity contribution in [2.75, 3.05) is 7.05 Å². The van der Waals surface area contributed by atoms with E-state index in [4.69, 9.17) is 0 Å². The van der Waals surface area contributed by atoms with E-state index in [2.05, 4.69) is 10.0 Å². The molecule has 4 nitrogen and oxygen atoms in total. The number of rotatable bonds is 7. The molecule has 20 heavy (non-hydrogen) atoms. The van der Waals surface area contributed by atoms with Gasteiger partial charge in [-0.2, -0.15) is 0 Å². The lowest BCUT2D eigenvalue weighted by Crippen LogP contribution is -2.38. The maximum atomic E-state index is 12.6. The predicted octanol–water partition coefficient (Wildman–Crippen LogP) is 2.43. The fourth-order valence-corrected chi connectivity index (χ4v) is 3.96. The standard InChI is InChI=1S/C15H26N2O2S/c1-6-14(11(2)3)17-20(18,19)15-9-13(10-16-5)8-7-12(15)4/h7-9,11,14,16-17H,6,10H2,1-5H3. The summed E-state index contributed by atoms with van der Waals surface area (Å²) in [4.78, 5) is 0.379. The van der Waals surface area contributed by atoms with Gasteiger partial charge in [0.1, 0.15) is 0 Å². The highest BCUT2D eigenvalue weighted by molar-refractivity contribution is 7.89. The second-order valence-electron chi connectivity index (χ2n) is 5.51. The zero-order chi connectivity index (χ0) is 15.3. The molecular weight excluding hydrogens is 272 g/mol. The minimum Gasteiger partial charge on any atom is -0.316 e. The van der Waals surface area contributed by atoms with Gasteiger partial charge in [0.15, 0.2) is 0 Å². The van der Waals surface area contributed by atoms with Crippen LogP contribution in [0.15, 0.2) is 23.1 Å². The highest BCUT2D eigenvalue weighted by atomic mass is 32.2. The fraction of sp³-hybridized carbons (Fsp3) is 0.600. The second-order valence-corrected chi connectivity index (χ2v) is 7.19. The molecule has 0 aliphatic heterocycles. The molecule has 1 rings (SSSR count). The fourth-order valence-electron chi connectivity index (χ4n) is 2.20. The van der Waals surface area contributed by atoms with Gasteiger partial charge in [-0.1, -0.05) is 32.9 Å². The Morgan fingerprint density at radius 2 is 1.90 bits per heavy atom. The first-order valence-corrected chi connectivity index (χ1v) is 8.56. The van der Waals surface area contributed by atoms with Gasteiger partial charge >= 0.3 is 0 Å². The van der Waals surface area contributed by atoms with E-state index in [1.165, 1.54) is 0 Å². The molecule has 0 aliphatic carbocycles. The van der Waals surface area contributed by atoms with Crippen LogP contribution in [0.3, 0.4) is 0 Å². The van der Waals surface area contributed by atoms with Gasteiger partial charge in [-0.25, -0.2) is 13.1 Å². The molecule has 0 aliphatic rings. The van der Waals surface area contributed by atoms with Crippen LogP contribution in [-0.4, -0.2) is 21.5 Å². The molecule has 0 heterocycles. The quantitative estimate of drug-likeness (QED) is 0.813. The van der Waals surface area contributed by atoms with Crippen LogP contribution in [0.4, 0.5) is 0 Å². The zero-order valence-electron chi connectivity index (χ0n) is 13.0. The Bertz CT molecular complexity index is 539. The molecule has 0 spiro atoms. The number of hydrogen-bond donors (Lipinski definition) is 2. The number of aryl methyl sites for hydroxylation is 1. The third-order valence-corrected chi connectivity index (χ3v) is 5.11. The lowest BCUT2D eigenvalue weighted by atomic mass is 10.0. The third kappa shape index (κ3) is 4.30. The Morgan fingerprint density at radius 1 is 1.25 bits per heavy atom. The minimum absolute atomic E-state index is 0.0349. The molecule has 0 aromatic heterocycles. The van der Waals surface area contributed by atoms with Crippen LogP contribution in [0, 0.1) is 12.8 Å². The van der Waals surface area contributed by atoms with Gasteiger partial charge in [0.25, 0.3) is 0 Å². The second kappa shape index (κ2) is 7.20. The van der Waals surface area contributed by atoms with Crippen LogP contribution in [0.2, 0.25) is 0 Å². The van der Waals surface area contributed by atoms with Gasteiger partial charge in [-0.05, 0) is 43.5 Å². The van der Waals surface area contributed by atoms with E-state index >= 15 is 0 Å². The first-order chi connectivity index (χ1) is 9.31. The van der Waals surface area contributed by atoms with Crippen LogP contribution in [0.25, 0.3) is 0 Å². The molecule has 1 atom stereocenters. The molecule has 0 saturated carbocycles. The molecule has 0 radical (unpaired) electrons. The van der Waals surface area contributed by atoms with Crippen molar-refractivity contribution < 1.29 is 8.42 Å². The monoisotopic (exact) mass is 298 g/mol. The first-order valence-electron chi connectivity index (χ1n) is 7.08. The first kappa shape index (κ1) is 17.1. The van der Waals surface area contributed by atoms with Gasteiger partial charge in [-0.3, -0.25) is 0 Å². The molecule has 0 saturated heterocycles. The summed E-state index contributed by atoms with van der Waals surface area (Å²) in [6.45, 7) is 8.54. The SMILES string of the molecule is CCC(NS(=O)(=O)c1cc(CNC)ccc1C)C(C)C. The molecule has 0 fully saturated rings. The van der Waals surface area contributed by atoms with E-state index in [0.29, 0.717) is 11.4 Å². The highest BCUT2D eigenvalue weighted by Crippen LogP contribution is 2.19. The highest BCUT2D eigenvalue weighted by Gasteiger charge is 2.22. The lowest BCUT2D eigenvalue weighted by molar-refractivity contribution is 0.437. The Balaban J connectivity index is 3.11. The number of sulfonamides is 1. The van der Waals surface area contributed by atoms with Crippen LogP contribution in [0.1, 0.15) is 38.3 Å². The summed E-state index contributed by atoms with van der Waals surface area (Å²) in [5, 5.41) is 3.04. The summed E-state index contributed by atoms with van der Waals surface area (Å²) in [5.41, 5.74) is 1.74. The molecule has 0 amide bonds. The molecule has 1 unspecified atom stereocenters. The van der Waals surface area contributed by atoms with Crippen molar-refractivity contribution in [3.05, 3.63) is 29.3 Å².